The molecule has 1 heterocycles. The van der Waals surface area contributed by atoms with Crippen molar-refractivity contribution >= 4 is 22.0 Å². The summed E-state index contributed by atoms with van der Waals surface area (Å²) in [5.74, 6) is 0.261. The topological polar surface area (TPSA) is 105 Å². The van der Waals surface area contributed by atoms with Crippen LogP contribution < -0.4 is 14.8 Å². The van der Waals surface area contributed by atoms with Crippen LogP contribution in [0.2, 0.25) is 0 Å². The van der Waals surface area contributed by atoms with E-state index < -0.39 is 16.1 Å². The van der Waals surface area contributed by atoms with Gasteiger partial charge in [-0.15, -0.1) is 0 Å². The summed E-state index contributed by atoms with van der Waals surface area (Å²) in [6.45, 7) is 0.500. The second kappa shape index (κ2) is 9.07. The number of imide groups is 1. The Bertz CT molecular complexity index is 1060. The number of nitrogens with one attached hydrogen (secondary N) is 2. The zero-order chi connectivity index (χ0) is 21.8. The minimum atomic E-state index is -3.69. The van der Waals surface area contributed by atoms with Crippen molar-refractivity contribution in [2.24, 2.45) is 0 Å². The summed E-state index contributed by atoms with van der Waals surface area (Å²) < 4.78 is 33.9. The molecule has 2 fully saturated rings. The van der Waals surface area contributed by atoms with Crippen molar-refractivity contribution in [1.82, 2.24) is 14.9 Å². The van der Waals surface area contributed by atoms with Crippen LogP contribution in [0.4, 0.5) is 4.79 Å². The first-order valence-electron chi connectivity index (χ1n) is 10.3. The molecule has 1 saturated carbocycles. The Kier molecular flexibility index (Phi) is 6.24. The number of hydrogen-bond donors (Lipinski definition) is 2. The fourth-order valence-corrected chi connectivity index (χ4v) is 4.82. The molecule has 8 nitrogen and oxygen atoms in total. The van der Waals surface area contributed by atoms with E-state index in [2.05, 4.69) is 10.0 Å². The fourth-order valence-electron chi connectivity index (χ4n) is 3.77. The zero-order valence-corrected chi connectivity index (χ0v) is 17.9. The van der Waals surface area contributed by atoms with E-state index in [0.717, 1.165) is 36.8 Å². The number of nitrogens with zero attached hydrogens (tertiary/aromatic N) is 1. The number of benzene rings is 2. The fraction of sp³-hybridized carbons (Fsp3) is 0.364. The first kappa shape index (κ1) is 21.3. The summed E-state index contributed by atoms with van der Waals surface area (Å²) >= 11 is 0. The van der Waals surface area contributed by atoms with Gasteiger partial charge in [-0.3, -0.25) is 10.1 Å². The zero-order valence-electron chi connectivity index (χ0n) is 17.0. The molecule has 3 amide bonds. The predicted octanol–water partition coefficient (Wildman–Crippen LogP) is 2.54. The average Bonchev–Trinajstić information content (AvgIpc) is 3.37. The highest BCUT2D eigenvalue weighted by atomic mass is 32.2. The molecule has 0 radical (unpaired) electrons. The van der Waals surface area contributed by atoms with E-state index in [1.807, 2.05) is 12.1 Å². The van der Waals surface area contributed by atoms with Gasteiger partial charge in [-0.25, -0.2) is 17.9 Å². The van der Waals surface area contributed by atoms with Crippen molar-refractivity contribution in [3.63, 3.8) is 0 Å². The molecular formula is C22H25N3O5S. The molecule has 4 rings (SSSR count). The minimum absolute atomic E-state index is 0.0455. The van der Waals surface area contributed by atoms with E-state index in [9.17, 15) is 18.0 Å². The molecule has 0 spiro atoms. The average molecular weight is 444 g/mol. The van der Waals surface area contributed by atoms with Gasteiger partial charge >= 0.3 is 6.03 Å². The number of amides is 3. The highest BCUT2D eigenvalue weighted by molar-refractivity contribution is 7.89. The summed E-state index contributed by atoms with van der Waals surface area (Å²) in [5, 5.41) is 2.24. The van der Waals surface area contributed by atoms with Crippen LogP contribution in [0.1, 0.15) is 36.8 Å². The molecule has 2 aliphatic rings. The van der Waals surface area contributed by atoms with Gasteiger partial charge in [0.05, 0.1) is 11.0 Å². The molecule has 2 aromatic rings. The Hall–Kier alpha value is -2.91. The van der Waals surface area contributed by atoms with Crippen LogP contribution in [0.3, 0.4) is 0 Å². The molecule has 1 aliphatic heterocycles. The standard InChI is InChI=1S/C22H25N3O5S/c26-21-15-25(22(27)24-21)14-17-10-8-16(9-11-17)13-23-31(28,29)20-7-3-6-19(12-20)30-18-4-1-2-5-18/h3,6-12,18,23H,1-2,4-5,13-15H2,(H,24,26,27). The Morgan fingerprint density at radius 3 is 2.42 bits per heavy atom. The van der Waals surface area contributed by atoms with E-state index in [0.29, 0.717) is 12.3 Å². The number of carbonyl (C=O) groups excluding carboxylic acids is 2. The van der Waals surface area contributed by atoms with E-state index in [4.69, 9.17) is 4.74 Å². The van der Waals surface area contributed by atoms with Crippen LogP contribution in [-0.4, -0.2) is 37.9 Å². The third kappa shape index (κ3) is 5.42. The molecule has 2 N–H and O–H groups in total. The first-order chi connectivity index (χ1) is 14.9. The Balaban J connectivity index is 1.34. The number of ether oxygens (including phenoxy) is 1. The molecule has 0 unspecified atom stereocenters. The lowest BCUT2D eigenvalue weighted by molar-refractivity contribution is -0.118. The van der Waals surface area contributed by atoms with Gasteiger partial charge in [0, 0.05) is 19.2 Å². The molecular weight excluding hydrogens is 418 g/mol. The van der Waals surface area contributed by atoms with Crippen molar-refractivity contribution < 1.29 is 22.7 Å². The monoisotopic (exact) mass is 443 g/mol. The van der Waals surface area contributed by atoms with E-state index >= 15 is 0 Å². The Morgan fingerprint density at radius 2 is 1.74 bits per heavy atom. The predicted molar refractivity (Wildman–Crippen MR) is 114 cm³/mol. The molecule has 9 heteroatoms. The molecule has 2 aromatic carbocycles. The Labute approximate surface area is 181 Å². The quantitative estimate of drug-likeness (QED) is 0.610. The van der Waals surface area contributed by atoms with Gasteiger partial charge in [0.1, 0.15) is 12.3 Å². The maximum Gasteiger partial charge on any atom is 0.324 e. The number of urea groups is 1. The maximum absolute atomic E-state index is 12.7. The van der Waals surface area contributed by atoms with Crippen LogP contribution >= 0.6 is 0 Å². The largest absolute Gasteiger partial charge is 0.490 e. The van der Waals surface area contributed by atoms with Crippen molar-refractivity contribution in [2.75, 3.05) is 6.54 Å². The molecule has 164 valence electrons. The molecule has 0 bridgehead atoms. The second-order valence-electron chi connectivity index (χ2n) is 7.85. The molecule has 0 atom stereocenters. The molecule has 1 saturated heterocycles. The highest BCUT2D eigenvalue weighted by Crippen LogP contribution is 2.25. The summed E-state index contributed by atoms with van der Waals surface area (Å²) in [5.41, 5.74) is 1.64. The third-order valence-corrected chi connectivity index (χ3v) is 6.85. The van der Waals surface area contributed by atoms with E-state index in [1.165, 1.54) is 4.90 Å². The van der Waals surface area contributed by atoms with E-state index in [-0.39, 0.29) is 30.0 Å². The van der Waals surface area contributed by atoms with Crippen LogP contribution in [0.5, 0.6) is 5.75 Å². The van der Waals surface area contributed by atoms with Crippen LogP contribution in [0, 0.1) is 0 Å². The molecule has 1 aliphatic carbocycles. The van der Waals surface area contributed by atoms with Crippen molar-refractivity contribution in [3.05, 3.63) is 59.7 Å². The first-order valence-corrected chi connectivity index (χ1v) is 11.8. The lowest BCUT2D eigenvalue weighted by atomic mass is 10.1. The van der Waals surface area contributed by atoms with Gasteiger partial charge in [0.15, 0.2) is 0 Å². The lowest BCUT2D eigenvalue weighted by Gasteiger charge is -2.14. The normalized spacial score (nSPS) is 17.2. The van der Waals surface area contributed by atoms with Crippen molar-refractivity contribution in [3.8, 4) is 5.75 Å². The van der Waals surface area contributed by atoms with Gasteiger partial charge < -0.3 is 9.64 Å². The Morgan fingerprint density at radius 1 is 1.03 bits per heavy atom. The van der Waals surface area contributed by atoms with Gasteiger partial charge in [-0.1, -0.05) is 30.3 Å². The summed E-state index contributed by atoms with van der Waals surface area (Å²) in [6.07, 6.45) is 4.46. The van der Waals surface area contributed by atoms with E-state index in [1.54, 1.807) is 36.4 Å². The summed E-state index contributed by atoms with van der Waals surface area (Å²) in [6, 6.07) is 13.4. The van der Waals surface area contributed by atoms with Gasteiger partial charge in [0.25, 0.3) is 0 Å². The van der Waals surface area contributed by atoms with Crippen LogP contribution in [-0.2, 0) is 27.9 Å². The number of carbonyl (C=O) groups is 2. The summed E-state index contributed by atoms with van der Waals surface area (Å²) in [7, 11) is -3.69. The van der Waals surface area contributed by atoms with Crippen LogP contribution in [0.15, 0.2) is 53.4 Å². The van der Waals surface area contributed by atoms with Gasteiger partial charge in [-0.2, -0.15) is 0 Å². The number of hydrogen-bond acceptors (Lipinski definition) is 5. The SMILES string of the molecule is O=C1CN(Cc2ccc(CNS(=O)(=O)c3cccc(OC4CCCC4)c3)cc2)C(=O)N1. The van der Waals surface area contributed by atoms with Crippen molar-refractivity contribution in [1.29, 1.82) is 0 Å². The van der Waals surface area contributed by atoms with Crippen molar-refractivity contribution in [2.45, 2.75) is 49.8 Å². The lowest BCUT2D eigenvalue weighted by Crippen LogP contribution is -2.27. The highest BCUT2D eigenvalue weighted by Gasteiger charge is 2.26. The molecule has 0 aromatic heterocycles. The van der Waals surface area contributed by atoms with Crippen LogP contribution in [0.25, 0.3) is 0 Å². The third-order valence-electron chi connectivity index (χ3n) is 5.45. The molecule has 31 heavy (non-hydrogen) atoms. The smallest absolute Gasteiger partial charge is 0.324 e. The number of rotatable bonds is 8. The summed E-state index contributed by atoms with van der Waals surface area (Å²) in [4.78, 5) is 24.5. The maximum atomic E-state index is 12.7. The second-order valence-corrected chi connectivity index (χ2v) is 9.62. The minimum Gasteiger partial charge on any atom is -0.490 e. The number of sulfonamides is 1. The van der Waals surface area contributed by atoms with Gasteiger partial charge in [0.2, 0.25) is 15.9 Å². The van der Waals surface area contributed by atoms with Gasteiger partial charge in [-0.05, 0) is 48.9 Å².